The largest absolute Gasteiger partial charge is 0.537 e. The topological polar surface area (TPSA) is 61.9 Å². The van der Waals surface area contributed by atoms with E-state index in [1.165, 1.54) is 0 Å². The molecule has 0 aliphatic heterocycles. The van der Waals surface area contributed by atoms with E-state index in [2.05, 4.69) is 155 Å². The number of para-hydroxylation sites is 2. The maximum absolute atomic E-state index is 6.19. The molecular formula is C48H56N2O6Si2. The van der Waals surface area contributed by atoms with Crippen LogP contribution >= 0.6 is 0 Å². The van der Waals surface area contributed by atoms with Gasteiger partial charge in [-0.3, -0.25) is 0 Å². The predicted octanol–water partition coefficient (Wildman–Crippen LogP) is 10.8. The third kappa shape index (κ3) is 9.69. The summed E-state index contributed by atoms with van der Waals surface area (Å²) in [5.74, 6) is 0. The van der Waals surface area contributed by atoms with Crippen LogP contribution in [-0.2, 0) is 26.6 Å². The molecule has 10 heteroatoms. The van der Waals surface area contributed by atoms with Crippen LogP contribution in [0.5, 0.6) is 0 Å². The van der Waals surface area contributed by atoms with Crippen molar-refractivity contribution in [3.05, 3.63) is 158 Å². The first-order valence-electron chi connectivity index (χ1n) is 20.4. The standard InChI is InChI=1S/C48H56N2O6Si2/c1-7-51-57(52-8-2,53-9-3)47-35-31-45(32-36-47)49(41-19-15-13-16-20-41)43-27-23-39(24-28-43)40-25-29-44(30-26-40)50(42-21-17-14-18-22-42)46-33-37-48(38-34-46)58(54-10-4,55-11-5)56-12-6/h13-38H,7-12H2,1-6H3. The van der Waals surface area contributed by atoms with Gasteiger partial charge in [0.25, 0.3) is 0 Å². The summed E-state index contributed by atoms with van der Waals surface area (Å²) in [5.41, 5.74) is 8.51. The van der Waals surface area contributed by atoms with Gasteiger partial charge in [-0.1, -0.05) is 84.9 Å². The summed E-state index contributed by atoms with van der Waals surface area (Å²) < 4.78 is 37.1. The molecule has 0 fully saturated rings. The average molecular weight is 813 g/mol. The van der Waals surface area contributed by atoms with Gasteiger partial charge in [0.2, 0.25) is 0 Å². The Labute approximate surface area is 347 Å². The lowest BCUT2D eigenvalue weighted by Crippen LogP contribution is -2.56. The Morgan fingerprint density at radius 3 is 0.759 bits per heavy atom. The minimum atomic E-state index is -3.04. The Hall–Kier alpha value is -4.89. The summed E-state index contributed by atoms with van der Waals surface area (Å²) in [4.78, 5) is 4.52. The molecule has 0 radical (unpaired) electrons. The van der Waals surface area contributed by atoms with Crippen molar-refractivity contribution in [2.45, 2.75) is 41.5 Å². The van der Waals surface area contributed by atoms with E-state index in [1.807, 2.05) is 53.7 Å². The second kappa shape index (κ2) is 20.7. The molecule has 302 valence electrons. The summed E-state index contributed by atoms with van der Waals surface area (Å²) in [6.07, 6.45) is 0. The number of hydrogen-bond acceptors (Lipinski definition) is 8. The molecule has 0 heterocycles. The first-order valence-corrected chi connectivity index (χ1v) is 23.8. The monoisotopic (exact) mass is 812 g/mol. The molecule has 58 heavy (non-hydrogen) atoms. The molecule has 0 aliphatic rings. The Balaban J connectivity index is 1.29. The zero-order valence-electron chi connectivity index (χ0n) is 34.6. The van der Waals surface area contributed by atoms with E-state index in [0.717, 1.165) is 55.6 Å². The number of hydrogen-bond donors (Lipinski definition) is 0. The second-order valence-electron chi connectivity index (χ2n) is 13.2. The minimum absolute atomic E-state index is 0.514. The Kier molecular flexibility index (Phi) is 15.2. The maximum atomic E-state index is 6.19. The van der Waals surface area contributed by atoms with Gasteiger partial charge < -0.3 is 36.4 Å². The van der Waals surface area contributed by atoms with Crippen molar-refractivity contribution < 1.29 is 26.6 Å². The fourth-order valence-electron chi connectivity index (χ4n) is 7.17. The van der Waals surface area contributed by atoms with E-state index < -0.39 is 17.6 Å². The molecule has 6 rings (SSSR count). The highest BCUT2D eigenvalue weighted by molar-refractivity contribution is 6.75. The van der Waals surface area contributed by atoms with Crippen molar-refractivity contribution in [1.29, 1.82) is 0 Å². The van der Waals surface area contributed by atoms with Crippen molar-refractivity contribution in [3.8, 4) is 11.1 Å². The molecule has 6 aromatic rings. The Morgan fingerprint density at radius 2 is 0.517 bits per heavy atom. The number of rotatable bonds is 21. The molecule has 0 aromatic heterocycles. The molecule has 0 amide bonds. The highest BCUT2D eigenvalue weighted by atomic mass is 28.4. The van der Waals surface area contributed by atoms with Crippen molar-refractivity contribution >= 4 is 62.1 Å². The predicted molar refractivity (Wildman–Crippen MR) is 242 cm³/mol. The highest BCUT2D eigenvalue weighted by Gasteiger charge is 2.44. The lowest BCUT2D eigenvalue weighted by molar-refractivity contribution is 0.0851. The van der Waals surface area contributed by atoms with Crippen LogP contribution in [0.3, 0.4) is 0 Å². The molecule has 0 aliphatic carbocycles. The van der Waals surface area contributed by atoms with E-state index >= 15 is 0 Å². The van der Waals surface area contributed by atoms with Gasteiger partial charge >= 0.3 is 17.6 Å². The van der Waals surface area contributed by atoms with E-state index in [-0.39, 0.29) is 0 Å². The SMILES string of the molecule is CCO[Si](OCC)(OCC)c1ccc(N(c2ccccc2)c2ccc(-c3ccc(N(c4ccccc4)c4ccc([Si](OCC)(OCC)OCC)cc4)cc3)cc2)cc1. The van der Waals surface area contributed by atoms with Crippen LogP contribution in [-0.4, -0.2) is 57.3 Å². The van der Waals surface area contributed by atoms with E-state index in [0.29, 0.717) is 39.6 Å². The summed E-state index contributed by atoms with van der Waals surface area (Å²) in [7, 11) is -6.07. The minimum Gasteiger partial charge on any atom is -0.370 e. The second-order valence-corrected chi connectivity index (χ2v) is 18.4. The zero-order valence-corrected chi connectivity index (χ0v) is 36.6. The van der Waals surface area contributed by atoms with Gasteiger partial charge in [0.15, 0.2) is 0 Å². The lowest BCUT2D eigenvalue weighted by Gasteiger charge is -2.30. The lowest BCUT2D eigenvalue weighted by atomic mass is 10.0. The summed E-state index contributed by atoms with van der Waals surface area (Å²) in [6, 6.07) is 55.1. The van der Waals surface area contributed by atoms with E-state index in [1.54, 1.807) is 0 Å². The van der Waals surface area contributed by atoms with E-state index in [9.17, 15) is 0 Å². The van der Waals surface area contributed by atoms with Gasteiger partial charge in [0, 0.05) is 84.1 Å². The highest BCUT2D eigenvalue weighted by Crippen LogP contribution is 2.38. The first kappa shape index (κ1) is 42.7. The summed E-state index contributed by atoms with van der Waals surface area (Å²) in [6.45, 7) is 14.9. The summed E-state index contributed by atoms with van der Waals surface area (Å²) in [5, 5.41) is 1.90. The van der Waals surface area contributed by atoms with Crippen molar-refractivity contribution in [2.24, 2.45) is 0 Å². The molecule has 8 nitrogen and oxygen atoms in total. The quantitative estimate of drug-likeness (QED) is 0.0666. The third-order valence-electron chi connectivity index (χ3n) is 9.58. The number of benzene rings is 6. The third-order valence-corrected chi connectivity index (χ3v) is 15.7. The molecule has 0 saturated heterocycles. The van der Waals surface area contributed by atoms with Gasteiger partial charge in [0.05, 0.1) is 0 Å². The average Bonchev–Trinajstić information content (AvgIpc) is 3.26. The molecule has 0 atom stereocenters. The molecule has 6 aromatic carbocycles. The van der Waals surface area contributed by atoms with Crippen LogP contribution in [0.4, 0.5) is 34.1 Å². The van der Waals surface area contributed by atoms with Crippen LogP contribution in [0.15, 0.2) is 158 Å². The fraction of sp³-hybridized carbons (Fsp3) is 0.250. The van der Waals surface area contributed by atoms with Gasteiger partial charge in [-0.05, 0) is 125 Å². The maximum Gasteiger partial charge on any atom is 0.537 e. The fourth-order valence-corrected chi connectivity index (χ4v) is 12.1. The number of anilines is 6. The van der Waals surface area contributed by atoms with Crippen molar-refractivity contribution in [2.75, 3.05) is 49.4 Å². The molecule has 0 bridgehead atoms. The van der Waals surface area contributed by atoms with Gasteiger partial charge in [-0.2, -0.15) is 0 Å². The van der Waals surface area contributed by atoms with Crippen LogP contribution in [0.1, 0.15) is 41.5 Å². The van der Waals surface area contributed by atoms with Gasteiger partial charge in [0.1, 0.15) is 0 Å². The molecule has 0 spiro atoms. The Bertz CT molecular complexity index is 1920. The zero-order chi connectivity index (χ0) is 40.8. The first-order chi connectivity index (χ1) is 28.4. The molecule has 0 N–H and O–H groups in total. The van der Waals surface area contributed by atoms with Crippen LogP contribution in [0.25, 0.3) is 11.1 Å². The Morgan fingerprint density at radius 1 is 0.293 bits per heavy atom. The normalized spacial score (nSPS) is 11.8. The molecule has 0 saturated carbocycles. The van der Waals surface area contributed by atoms with E-state index in [4.69, 9.17) is 26.6 Å². The number of nitrogens with zero attached hydrogens (tertiary/aromatic N) is 2. The van der Waals surface area contributed by atoms with Gasteiger partial charge in [-0.25, -0.2) is 0 Å². The van der Waals surface area contributed by atoms with Gasteiger partial charge in [-0.15, -0.1) is 0 Å². The van der Waals surface area contributed by atoms with Crippen molar-refractivity contribution in [1.82, 2.24) is 0 Å². The molecular weight excluding hydrogens is 757 g/mol. The molecule has 0 unspecified atom stereocenters. The van der Waals surface area contributed by atoms with Crippen LogP contribution in [0, 0.1) is 0 Å². The summed E-state index contributed by atoms with van der Waals surface area (Å²) >= 11 is 0. The van der Waals surface area contributed by atoms with Crippen LogP contribution < -0.4 is 20.2 Å². The van der Waals surface area contributed by atoms with Crippen molar-refractivity contribution in [3.63, 3.8) is 0 Å². The smallest absolute Gasteiger partial charge is 0.370 e. The van der Waals surface area contributed by atoms with Crippen LogP contribution in [0.2, 0.25) is 0 Å².